The summed E-state index contributed by atoms with van der Waals surface area (Å²) >= 11 is 0. The van der Waals surface area contributed by atoms with Crippen LogP contribution in [-0.4, -0.2) is 32.5 Å². The van der Waals surface area contributed by atoms with Gasteiger partial charge >= 0.3 is 0 Å². The molecule has 8 heteroatoms. The summed E-state index contributed by atoms with van der Waals surface area (Å²) in [5.74, 6) is 2.63. The van der Waals surface area contributed by atoms with Crippen molar-refractivity contribution in [2.45, 2.75) is 32.9 Å². The van der Waals surface area contributed by atoms with Crippen LogP contribution in [0.15, 0.2) is 18.3 Å². The zero-order valence-electron chi connectivity index (χ0n) is 15.1. The van der Waals surface area contributed by atoms with E-state index < -0.39 is 0 Å². The standard InChI is InChI=1S/C18H22N6O2/c1-4-25-14-6-11-5-10(2)26-15(11)7-12(14)8-20-18-22-16(19)13-9-21-24(3)17(13)23-18/h6-7,9-10H,4-5,8H2,1-3H3,(H3,19,20,22,23)/t10-/m0/s1. The molecule has 136 valence electrons. The third kappa shape index (κ3) is 2.87. The molecule has 3 aromatic rings. The SMILES string of the molecule is CCOc1cc2c(cc1CNc1nc(N)c3cnn(C)c3n1)O[C@@H](C)C2. The third-order valence-electron chi connectivity index (χ3n) is 4.44. The molecular weight excluding hydrogens is 332 g/mol. The molecule has 0 saturated heterocycles. The molecule has 0 saturated carbocycles. The van der Waals surface area contributed by atoms with Crippen molar-refractivity contribution in [2.75, 3.05) is 17.7 Å². The van der Waals surface area contributed by atoms with Crippen LogP contribution >= 0.6 is 0 Å². The van der Waals surface area contributed by atoms with E-state index in [1.807, 2.05) is 20.0 Å². The quantitative estimate of drug-likeness (QED) is 0.725. The maximum absolute atomic E-state index is 6.02. The van der Waals surface area contributed by atoms with E-state index in [0.29, 0.717) is 30.6 Å². The molecule has 3 heterocycles. The van der Waals surface area contributed by atoms with E-state index in [1.165, 1.54) is 5.56 Å². The van der Waals surface area contributed by atoms with E-state index in [9.17, 15) is 0 Å². The highest BCUT2D eigenvalue weighted by molar-refractivity contribution is 5.86. The molecule has 1 aromatic carbocycles. The molecule has 0 unspecified atom stereocenters. The number of hydrogen-bond donors (Lipinski definition) is 2. The predicted octanol–water partition coefficient (Wildman–Crippen LogP) is 2.28. The number of aryl methyl sites for hydroxylation is 1. The van der Waals surface area contributed by atoms with Crippen molar-refractivity contribution < 1.29 is 9.47 Å². The Labute approximate surface area is 151 Å². The van der Waals surface area contributed by atoms with Crippen LogP contribution in [0.2, 0.25) is 0 Å². The van der Waals surface area contributed by atoms with Crippen molar-refractivity contribution in [3.63, 3.8) is 0 Å². The first kappa shape index (κ1) is 16.4. The first-order valence-corrected chi connectivity index (χ1v) is 8.69. The predicted molar refractivity (Wildman–Crippen MR) is 99.4 cm³/mol. The van der Waals surface area contributed by atoms with Gasteiger partial charge in [-0.05, 0) is 26.0 Å². The summed E-state index contributed by atoms with van der Waals surface area (Å²) in [6, 6.07) is 4.10. The maximum atomic E-state index is 6.02. The van der Waals surface area contributed by atoms with Gasteiger partial charge < -0.3 is 20.5 Å². The van der Waals surface area contributed by atoms with Crippen molar-refractivity contribution in [2.24, 2.45) is 7.05 Å². The highest BCUT2D eigenvalue weighted by Gasteiger charge is 2.22. The van der Waals surface area contributed by atoms with Crippen LogP contribution in [0.3, 0.4) is 0 Å². The number of nitrogens with one attached hydrogen (secondary N) is 1. The second-order valence-electron chi connectivity index (χ2n) is 6.42. The van der Waals surface area contributed by atoms with Gasteiger partial charge in [0.1, 0.15) is 23.4 Å². The van der Waals surface area contributed by atoms with Crippen LogP contribution in [0.4, 0.5) is 11.8 Å². The molecule has 0 aliphatic carbocycles. The Bertz CT molecular complexity index is 968. The summed E-state index contributed by atoms with van der Waals surface area (Å²) in [5, 5.41) is 8.15. The second kappa shape index (κ2) is 6.36. The van der Waals surface area contributed by atoms with Crippen molar-refractivity contribution in [1.82, 2.24) is 19.7 Å². The number of aromatic nitrogens is 4. The Hall–Kier alpha value is -3.03. The summed E-state index contributed by atoms with van der Waals surface area (Å²) in [4.78, 5) is 8.82. The van der Waals surface area contributed by atoms with Gasteiger partial charge in [-0.2, -0.15) is 15.1 Å². The molecular formula is C18H22N6O2. The zero-order chi connectivity index (χ0) is 18.3. The van der Waals surface area contributed by atoms with Gasteiger partial charge in [0.25, 0.3) is 0 Å². The Kier molecular flexibility index (Phi) is 4.02. The van der Waals surface area contributed by atoms with Crippen LogP contribution < -0.4 is 20.5 Å². The lowest BCUT2D eigenvalue weighted by Gasteiger charge is -2.13. The number of ether oxygens (including phenoxy) is 2. The van der Waals surface area contributed by atoms with Gasteiger partial charge in [-0.25, -0.2) is 0 Å². The van der Waals surface area contributed by atoms with E-state index in [2.05, 4.69) is 33.4 Å². The average Bonchev–Trinajstić information content (AvgIpc) is 3.15. The zero-order valence-corrected chi connectivity index (χ0v) is 15.1. The van der Waals surface area contributed by atoms with E-state index in [-0.39, 0.29) is 6.10 Å². The van der Waals surface area contributed by atoms with E-state index >= 15 is 0 Å². The molecule has 0 spiro atoms. The van der Waals surface area contributed by atoms with E-state index in [0.717, 1.165) is 28.9 Å². The Morgan fingerprint density at radius 2 is 2.23 bits per heavy atom. The summed E-state index contributed by atoms with van der Waals surface area (Å²) in [5.41, 5.74) is 8.88. The molecule has 26 heavy (non-hydrogen) atoms. The lowest BCUT2D eigenvalue weighted by molar-refractivity contribution is 0.254. The van der Waals surface area contributed by atoms with Crippen LogP contribution in [-0.2, 0) is 20.0 Å². The topological polar surface area (TPSA) is 100 Å². The van der Waals surface area contributed by atoms with Gasteiger partial charge in [-0.15, -0.1) is 0 Å². The first-order valence-electron chi connectivity index (χ1n) is 8.69. The molecule has 2 aromatic heterocycles. The third-order valence-corrected chi connectivity index (χ3v) is 4.44. The number of nitrogens with two attached hydrogens (primary N) is 1. The normalized spacial score (nSPS) is 15.7. The Morgan fingerprint density at radius 3 is 3.04 bits per heavy atom. The number of nitrogens with zero attached hydrogens (tertiary/aromatic N) is 4. The molecule has 0 radical (unpaired) electrons. The van der Waals surface area contributed by atoms with Crippen molar-refractivity contribution in [1.29, 1.82) is 0 Å². The smallest absolute Gasteiger partial charge is 0.226 e. The number of anilines is 2. The number of nitrogen functional groups attached to an aromatic ring is 1. The fourth-order valence-corrected chi connectivity index (χ4v) is 3.21. The van der Waals surface area contributed by atoms with Gasteiger partial charge in [-0.1, -0.05) is 0 Å². The number of hydrogen-bond acceptors (Lipinski definition) is 7. The maximum Gasteiger partial charge on any atom is 0.226 e. The summed E-state index contributed by atoms with van der Waals surface area (Å²) in [6.45, 7) is 5.15. The minimum absolute atomic E-state index is 0.193. The van der Waals surface area contributed by atoms with Crippen LogP contribution in [0, 0.1) is 0 Å². The fourth-order valence-electron chi connectivity index (χ4n) is 3.21. The number of fused-ring (bicyclic) bond motifs is 2. The van der Waals surface area contributed by atoms with Crippen molar-refractivity contribution >= 4 is 22.8 Å². The van der Waals surface area contributed by atoms with Gasteiger partial charge in [0.15, 0.2) is 5.65 Å². The summed E-state index contributed by atoms with van der Waals surface area (Å²) in [7, 11) is 1.82. The highest BCUT2D eigenvalue weighted by atomic mass is 16.5. The van der Waals surface area contributed by atoms with E-state index in [4.69, 9.17) is 15.2 Å². The molecule has 0 fully saturated rings. The lowest BCUT2D eigenvalue weighted by Crippen LogP contribution is -2.08. The summed E-state index contributed by atoms with van der Waals surface area (Å²) in [6.07, 6.45) is 2.76. The van der Waals surface area contributed by atoms with Gasteiger partial charge in [-0.3, -0.25) is 4.68 Å². The number of rotatable bonds is 5. The summed E-state index contributed by atoms with van der Waals surface area (Å²) < 4.78 is 13.4. The van der Waals surface area contributed by atoms with Crippen LogP contribution in [0.1, 0.15) is 25.0 Å². The molecule has 0 bridgehead atoms. The van der Waals surface area contributed by atoms with Crippen LogP contribution in [0.5, 0.6) is 11.5 Å². The molecule has 0 amide bonds. The van der Waals surface area contributed by atoms with Gasteiger partial charge in [0.2, 0.25) is 5.95 Å². The minimum atomic E-state index is 0.193. The lowest BCUT2D eigenvalue weighted by atomic mass is 10.1. The van der Waals surface area contributed by atoms with Crippen molar-refractivity contribution in [3.05, 3.63) is 29.5 Å². The van der Waals surface area contributed by atoms with Crippen LogP contribution in [0.25, 0.3) is 11.0 Å². The van der Waals surface area contributed by atoms with E-state index in [1.54, 1.807) is 10.9 Å². The molecule has 1 atom stereocenters. The molecule has 1 aliphatic rings. The molecule has 4 rings (SSSR count). The minimum Gasteiger partial charge on any atom is -0.494 e. The monoisotopic (exact) mass is 354 g/mol. The molecule has 3 N–H and O–H groups in total. The Balaban J connectivity index is 1.61. The highest BCUT2D eigenvalue weighted by Crippen LogP contribution is 2.35. The molecule has 1 aliphatic heterocycles. The largest absolute Gasteiger partial charge is 0.494 e. The van der Waals surface area contributed by atoms with Gasteiger partial charge in [0.05, 0.1) is 18.2 Å². The number of benzene rings is 1. The van der Waals surface area contributed by atoms with Gasteiger partial charge in [0, 0.05) is 31.1 Å². The average molecular weight is 354 g/mol. The second-order valence-corrected chi connectivity index (χ2v) is 6.42. The molecule has 8 nitrogen and oxygen atoms in total. The first-order chi connectivity index (χ1) is 12.5. The van der Waals surface area contributed by atoms with Crippen molar-refractivity contribution in [3.8, 4) is 11.5 Å². The fraction of sp³-hybridized carbons (Fsp3) is 0.389. The Morgan fingerprint density at radius 1 is 1.38 bits per heavy atom.